The van der Waals surface area contributed by atoms with Crippen molar-refractivity contribution in [3.8, 4) is 5.75 Å². The van der Waals surface area contributed by atoms with Crippen molar-refractivity contribution < 1.29 is 27.9 Å². The van der Waals surface area contributed by atoms with E-state index >= 15 is 0 Å². The van der Waals surface area contributed by atoms with Crippen molar-refractivity contribution in [2.75, 3.05) is 7.11 Å². The van der Waals surface area contributed by atoms with E-state index in [2.05, 4.69) is 0 Å². The van der Waals surface area contributed by atoms with Gasteiger partial charge in [0.1, 0.15) is 11.5 Å². The lowest BCUT2D eigenvalue weighted by Gasteiger charge is -2.17. The summed E-state index contributed by atoms with van der Waals surface area (Å²) < 4.78 is 44.4. The van der Waals surface area contributed by atoms with Gasteiger partial charge in [0, 0.05) is 17.7 Å². The second-order valence-corrected chi connectivity index (χ2v) is 6.30. The number of phenols is 1. The van der Waals surface area contributed by atoms with Crippen LogP contribution in [0.4, 0.5) is 18.9 Å². The molecule has 3 rings (SSSR count). The molecule has 0 fully saturated rings. The van der Waals surface area contributed by atoms with Gasteiger partial charge in [0.25, 0.3) is 5.69 Å². The number of halogens is 3. The van der Waals surface area contributed by atoms with Crippen LogP contribution in [0, 0.1) is 10.1 Å². The topological polar surface area (TPSA) is 72.6 Å². The first-order chi connectivity index (χ1) is 14.2. The zero-order valence-corrected chi connectivity index (χ0v) is 15.7. The number of rotatable bonds is 5. The molecular weight excluding hydrogens is 399 g/mol. The van der Waals surface area contributed by atoms with E-state index in [-0.39, 0.29) is 17.2 Å². The summed E-state index contributed by atoms with van der Waals surface area (Å²) in [7, 11) is 1.37. The van der Waals surface area contributed by atoms with Crippen LogP contribution in [-0.2, 0) is 10.9 Å². The van der Waals surface area contributed by atoms with E-state index in [9.17, 15) is 28.4 Å². The molecule has 30 heavy (non-hydrogen) atoms. The molecule has 8 heteroatoms. The molecule has 0 aliphatic carbocycles. The maximum Gasteiger partial charge on any atom is 0.416 e. The summed E-state index contributed by atoms with van der Waals surface area (Å²) in [6.45, 7) is 0. The van der Waals surface area contributed by atoms with Crippen molar-refractivity contribution in [3.05, 3.63) is 105 Å². The van der Waals surface area contributed by atoms with E-state index in [0.29, 0.717) is 22.3 Å². The summed E-state index contributed by atoms with van der Waals surface area (Å²) in [5.74, 6) is 0.127. The number of hydrogen-bond donors (Lipinski definition) is 1. The number of para-hydroxylation sites is 1. The molecule has 3 aromatic carbocycles. The van der Waals surface area contributed by atoms with Crippen LogP contribution in [0.5, 0.6) is 5.75 Å². The normalized spacial score (nSPS) is 12.3. The maximum absolute atomic E-state index is 13.0. The average Bonchev–Trinajstić information content (AvgIpc) is 2.72. The molecule has 0 amide bonds. The van der Waals surface area contributed by atoms with Gasteiger partial charge in [0.2, 0.25) is 0 Å². The number of nitro groups is 1. The standard InChI is InChI=1S/C22H16F3NO4/c1-30-21(18-4-2-3-5-19(18)27)20(15-8-12-17(13-9-15)26(28)29)14-6-10-16(11-7-14)22(23,24)25/h2-13,27H,1H3/b21-20+. The van der Waals surface area contributed by atoms with Gasteiger partial charge in [0.05, 0.1) is 23.2 Å². The first kappa shape index (κ1) is 20.9. The molecule has 1 N–H and O–H groups in total. The second-order valence-electron chi connectivity index (χ2n) is 6.30. The predicted molar refractivity (Wildman–Crippen MR) is 106 cm³/mol. The first-order valence-corrected chi connectivity index (χ1v) is 8.71. The fourth-order valence-corrected chi connectivity index (χ4v) is 3.02. The molecule has 0 atom stereocenters. The van der Waals surface area contributed by atoms with Gasteiger partial charge >= 0.3 is 6.18 Å². The van der Waals surface area contributed by atoms with Crippen molar-refractivity contribution in [1.82, 2.24) is 0 Å². The smallest absolute Gasteiger partial charge is 0.416 e. The SMILES string of the molecule is CO/C(=C(/c1ccc([N+](=O)[O-])cc1)c1ccc(C(F)(F)F)cc1)c1ccccc1O. The first-order valence-electron chi connectivity index (χ1n) is 8.71. The predicted octanol–water partition coefficient (Wildman–Crippen LogP) is 5.88. The number of phenolic OH excluding ortho intramolecular Hbond substituents is 1. The number of nitro benzene ring substituents is 1. The highest BCUT2D eigenvalue weighted by molar-refractivity contribution is 5.97. The minimum atomic E-state index is -4.49. The largest absolute Gasteiger partial charge is 0.507 e. The number of methoxy groups -OCH3 is 1. The zero-order valence-electron chi connectivity index (χ0n) is 15.7. The number of hydrogen-bond acceptors (Lipinski definition) is 4. The Labute approximate surface area is 169 Å². The van der Waals surface area contributed by atoms with Gasteiger partial charge in [-0.2, -0.15) is 13.2 Å². The van der Waals surface area contributed by atoms with Crippen LogP contribution in [0.1, 0.15) is 22.3 Å². The monoisotopic (exact) mass is 415 g/mol. The Kier molecular flexibility index (Phi) is 5.77. The Morgan fingerprint density at radius 2 is 1.47 bits per heavy atom. The quantitative estimate of drug-likeness (QED) is 0.244. The van der Waals surface area contributed by atoms with Crippen LogP contribution >= 0.6 is 0 Å². The highest BCUT2D eigenvalue weighted by atomic mass is 19.4. The van der Waals surface area contributed by atoms with Crippen LogP contribution in [0.15, 0.2) is 72.8 Å². The van der Waals surface area contributed by atoms with E-state index in [1.807, 2.05) is 0 Å². The van der Waals surface area contributed by atoms with Crippen molar-refractivity contribution in [2.45, 2.75) is 6.18 Å². The lowest BCUT2D eigenvalue weighted by Crippen LogP contribution is -2.05. The van der Waals surface area contributed by atoms with Crippen molar-refractivity contribution in [2.24, 2.45) is 0 Å². The number of alkyl halides is 3. The highest BCUT2D eigenvalue weighted by Crippen LogP contribution is 2.38. The van der Waals surface area contributed by atoms with E-state index in [1.165, 1.54) is 49.6 Å². The van der Waals surface area contributed by atoms with Crippen LogP contribution in [0.3, 0.4) is 0 Å². The molecule has 0 radical (unpaired) electrons. The van der Waals surface area contributed by atoms with E-state index < -0.39 is 16.7 Å². The summed E-state index contributed by atoms with van der Waals surface area (Å²) >= 11 is 0. The van der Waals surface area contributed by atoms with E-state index in [0.717, 1.165) is 12.1 Å². The molecule has 154 valence electrons. The molecule has 0 aromatic heterocycles. The molecule has 0 bridgehead atoms. The molecule has 3 aromatic rings. The lowest BCUT2D eigenvalue weighted by atomic mass is 9.93. The Bertz CT molecular complexity index is 1090. The van der Waals surface area contributed by atoms with Gasteiger partial charge in [-0.15, -0.1) is 0 Å². The fourth-order valence-electron chi connectivity index (χ4n) is 3.02. The fraction of sp³-hybridized carbons (Fsp3) is 0.0909. The Morgan fingerprint density at radius 3 is 1.93 bits per heavy atom. The van der Waals surface area contributed by atoms with Crippen LogP contribution in [-0.4, -0.2) is 17.1 Å². The van der Waals surface area contributed by atoms with Gasteiger partial charge in [0.15, 0.2) is 0 Å². The molecule has 0 aliphatic heterocycles. The summed E-state index contributed by atoms with van der Waals surface area (Å²) in [5.41, 5.74) is 0.621. The van der Waals surface area contributed by atoms with Crippen LogP contribution < -0.4 is 0 Å². The second kappa shape index (κ2) is 8.28. The highest BCUT2D eigenvalue weighted by Gasteiger charge is 2.30. The van der Waals surface area contributed by atoms with Gasteiger partial charge < -0.3 is 9.84 Å². The third-order valence-corrected chi connectivity index (χ3v) is 4.45. The summed E-state index contributed by atoms with van der Waals surface area (Å²) in [5, 5.41) is 21.2. The maximum atomic E-state index is 13.0. The molecule has 0 aliphatic rings. The van der Waals surface area contributed by atoms with Gasteiger partial charge in [-0.3, -0.25) is 10.1 Å². The van der Waals surface area contributed by atoms with Crippen molar-refractivity contribution in [3.63, 3.8) is 0 Å². The number of aromatic hydroxyl groups is 1. The molecule has 5 nitrogen and oxygen atoms in total. The Morgan fingerprint density at radius 1 is 0.933 bits per heavy atom. The summed E-state index contributed by atoms with van der Waals surface area (Å²) in [6.07, 6.45) is -4.49. The number of nitrogens with zero attached hydrogens (tertiary/aromatic N) is 1. The van der Waals surface area contributed by atoms with E-state index in [1.54, 1.807) is 18.2 Å². The van der Waals surface area contributed by atoms with Crippen LogP contribution in [0.2, 0.25) is 0 Å². The van der Waals surface area contributed by atoms with E-state index in [4.69, 9.17) is 4.74 Å². The average molecular weight is 415 g/mol. The molecule has 0 unspecified atom stereocenters. The number of ether oxygens (including phenoxy) is 1. The van der Waals surface area contributed by atoms with Crippen molar-refractivity contribution >= 4 is 17.0 Å². The van der Waals surface area contributed by atoms with Crippen molar-refractivity contribution in [1.29, 1.82) is 0 Å². The third kappa shape index (κ3) is 4.27. The van der Waals surface area contributed by atoms with Crippen LogP contribution in [0.25, 0.3) is 11.3 Å². The minimum absolute atomic E-state index is 0.0827. The number of benzene rings is 3. The number of non-ortho nitro benzene ring substituents is 1. The molecule has 0 saturated heterocycles. The summed E-state index contributed by atoms with van der Waals surface area (Å²) in [4.78, 5) is 10.4. The Hall–Kier alpha value is -3.81. The van der Waals surface area contributed by atoms with Gasteiger partial charge in [-0.25, -0.2) is 0 Å². The van der Waals surface area contributed by atoms with Gasteiger partial charge in [-0.1, -0.05) is 24.3 Å². The third-order valence-electron chi connectivity index (χ3n) is 4.45. The van der Waals surface area contributed by atoms with Gasteiger partial charge in [-0.05, 0) is 47.5 Å². The minimum Gasteiger partial charge on any atom is -0.507 e. The molecule has 0 spiro atoms. The lowest BCUT2D eigenvalue weighted by molar-refractivity contribution is -0.384. The molecule has 0 heterocycles. The zero-order chi connectivity index (χ0) is 21.9. The molecule has 0 saturated carbocycles. The molecular formula is C22H16F3NO4. The summed E-state index contributed by atoms with van der Waals surface area (Å²) in [6, 6.07) is 16.3. The Balaban J connectivity index is 2.25.